The summed E-state index contributed by atoms with van der Waals surface area (Å²) in [6.07, 6.45) is 5.69. The van der Waals surface area contributed by atoms with E-state index in [4.69, 9.17) is 16.3 Å². The first-order chi connectivity index (χ1) is 22.6. The molecule has 1 fully saturated rings. The largest absolute Gasteiger partial charge is 0.496 e. The van der Waals surface area contributed by atoms with E-state index in [2.05, 4.69) is 69.5 Å². The van der Waals surface area contributed by atoms with Crippen molar-refractivity contribution in [1.29, 1.82) is 5.26 Å². The van der Waals surface area contributed by atoms with Crippen LogP contribution in [0.5, 0.6) is 5.75 Å². The molecule has 244 valence electrons. The summed E-state index contributed by atoms with van der Waals surface area (Å²) in [6, 6.07) is 20.2. The number of ether oxygens (including phenoxy) is 1. The number of fused-ring (bicyclic) bond motifs is 1. The Morgan fingerprint density at radius 3 is 2.57 bits per heavy atom. The molecule has 4 aromatic rings. The van der Waals surface area contributed by atoms with Crippen molar-refractivity contribution in [2.24, 2.45) is 0 Å². The zero-order valence-corrected chi connectivity index (χ0v) is 27.8. The lowest BCUT2D eigenvalue weighted by Crippen LogP contribution is -2.52. The van der Waals surface area contributed by atoms with E-state index in [1.54, 1.807) is 19.2 Å². The Labute approximate surface area is 280 Å². The highest BCUT2D eigenvalue weighted by atomic mass is 35.5. The molecule has 3 heterocycles. The van der Waals surface area contributed by atoms with Crippen LogP contribution < -0.4 is 26.3 Å². The van der Waals surface area contributed by atoms with E-state index < -0.39 is 0 Å². The van der Waals surface area contributed by atoms with Gasteiger partial charge in [0.2, 0.25) is 0 Å². The van der Waals surface area contributed by atoms with Gasteiger partial charge in [-0.2, -0.15) is 5.26 Å². The minimum atomic E-state index is -0.367. The van der Waals surface area contributed by atoms with Gasteiger partial charge >= 0.3 is 0 Å². The first-order valence-corrected chi connectivity index (χ1v) is 16.2. The van der Waals surface area contributed by atoms with Gasteiger partial charge < -0.3 is 20.8 Å². The second-order valence-corrected chi connectivity index (χ2v) is 13.3. The Bertz CT molecular complexity index is 1810. The van der Waals surface area contributed by atoms with Crippen molar-refractivity contribution in [3.8, 4) is 11.8 Å². The highest BCUT2D eigenvalue weighted by Gasteiger charge is 2.32. The molecule has 0 aliphatic carbocycles. The van der Waals surface area contributed by atoms with Gasteiger partial charge in [0.15, 0.2) is 0 Å². The van der Waals surface area contributed by atoms with Crippen LogP contribution in [0.25, 0.3) is 10.9 Å². The summed E-state index contributed by atoms with van der Waals surface area (Å²) in [4.78, 5) is 7.04. The van der Waals surface area contributed by atoms with Gasteiger partial charge in [0.25, 0.3) is 0 Å². The summed E-state index contributed by atoms with van der Waals surface area (Å²) in [5, 5.41) is 20.3. The summed E-state index contributed by atoms with van der Waals surface area (Å²) < 4.78 is 19.5. The Kier molecular flexibility index (Phi) is 9.41. The molecule has 2 aliphatic heterocycles. The maximum Gasteiger partial charge on any atom is 0.123 e. The van der Waals surface area contributed by atoms with Crippen LogP contribution in [0.15, 0.2) is 78.8 Å². The number of pyridine rings is 1. The molecule has 9 nitrogen and oxygen atoms in total. The van der Waals surface area contributed by atoms with E-state index in [0.29, 0.717) is 45.5 Å². The molecule has 47 heavy (non-hydrogen) atoms. The van der Waals surface area contributed by atoms with Gasteiger partial charge in [-0.25, -0.2) is 4.39 Å². The molecule has 4 N–H and O–H groups in total. The molecule has 0 saturated carbocycles. The predicted molar refractivity (Wildman–Crippen MR) is 185 cm³/mol. The van der Waals surface area contributed by atoms with E-state index in [1.165, 1.54) is 18.3 Å². The number of likely N-dealkylation sites (tertiary alicyclic amines) is 1. The van der Waals surface area contributed by atoms with Crippen LogP contribution in [0.3, 0.4) is 0 Å². The lowest BCUT2D eigenvalue weighted by atomic mass is 9.98. The quantitative estimate of drug-likeness (QED) is 0.151. The summed E-state index contributed by atoms with van der Waals surface area (Å²) in [6.45, 7) is 9.26. The summed E-state index contributed by atoms with van der Waals surface area (Å²) in [7, 11) is 1.63. The van der Waals surface area contributed by atoms with Gasteiger partial charge in [-0.1, -0.05) is 41.9 Å². The second kappa shape index (κ2) is 13.7. The minimum Gasteiger partial charge on any atom is -0.496 e. The SMILES string of the molecule is COc1ccccc1CNc1c(C#N)cnc2c(Cl)cc(N[C@H](C3=CN(C4CCN(C(C)(C)C)CC4)NN3)c3ccc(F)cc3)cc12. The number of halogens is 2. The standard InChI is InChI=1S/C36H40ClFN8O/c1-36(2,3)45-15-13-28(14-16-45)46-22-31(43-44-46)34(23-9-11-26(38)12-10-23)42-27-17-29-33(25(19-39)21-41-35(29)30(37)18-27)40-20-24-7-5-6-8-32(24)47-4/h5-12,17-18,21-22,28,34,42-44H,13-16,20H2,1-4H3,(H,40,41)/t34-/m0/s1. The van der Waals surface area contributed by atoms with Crippen LogP contribution in [0, 0.1) is 17.1 Å². The zero-order chi connectivity index (χ0) is 33.1. The normalized spacial score (nSPS) is 16.4. The smallest absolute Gasteiger partial charge is 0.123 e. The first kappa shape index (κ1) is 32.4. The number of hydrazine groups is 2. The van der Waals surface area contributed by atoms with Crippen LogP contribution in [-0.2, 0) is 6.54 Å². The van der Waals surface area contributed by atoms with Gasteiger partial charge in [-0.15, -0.1) is 5.53 Å². The number of nitriles is 1. The fraction of sp³-hybridized carbons (Fsp3) is 0.333. The first-order valence-electron chi connectivity index (χ1n) is 15.8. The third kappa shape index (κ3) is 7.08. The molecule has 0 unspecified atom stereocenters. The number of nitrogens with one attached hydrogen (secondary N) is 4. The van der Waals surface area contributed by atoms with Crippen LogP contribution in [0.2, 0.25) is 5.02 Å². The Morgan fingerprint density at radius 1 is 1.13 bits per heavy atom. The number of rotatable bonds is 9. The van der Waals surface area contributed by atoms with Crippen molar-refractivity contribution in [3.05, 3.63) is 106 Å². The summed E-state index contributed by atoms with van der Waals surface area (Å²) >= 11 is 6.84. The number of anilines is 2. The minimum absolute atomic E-state index is 0.148. The maximum absolute atomic E-state index is 14.0. The molecule has 1 atom stereocenters. The maximum atomic E-state index is 14.0. The number of hydrogen-bond donors (Lipinski definition) is 4. The Balaban J connectivity index is 1.31. The molecule has 0 amide bonds. The van der Waals surface area contributed by atoms with E-state index in [9.17, 15) is 9.65 Å². The van der Waals surface area contributed by atoms with Crippen molar-refractivity contribution in [3.63, 3.8) is 0 Å². The fourth-order valence-electron chi connectivity index (χ4n) is 6.32. The van der Waals surface area contributed by atoms with Crippen molar-refractivity contribution in [1.82, 2.24) is 25.9 Å². The van der Waals surface area contributed by atoms with Gasteiger partial charge in [0.1, 0.15) is 17.6 Å². The molecule has 1 aromatic heterocycles. The Hall–Kier alpha value is -4.56. The van der Waals surface area contributed by atoms with Crippen molar-refractivity contribution < 1.29 is 9.13 Å². The molecule has 0 radical (unpaired) electrons. The highest BCUT2D eigenvalue weighted by Crippen LogP contribution is 2.36. The van der Waals surface area contributed by atoms with Gasteiger partial charge in [-0.05, 0) is 69.5 Å². The van der Waals surface area contributed by atoms with E-state index in [0.717, 1.165) is 48.5 Å². The molecular weight excluding hydrogens is 615 g/mol. The Morgan fingerprint density at radius 2 is 1.87 bits per heavy atom. The average Bonchev–Trinajstić information content (AvgIpc) is 3.56. The van der Waals surface area contributed by atoms with Crippen LogP contribution in [0.4, 0.5) is 15.8 Å². The molecule has 1 saturated heterocycles. The van der Waals surface area contributed by atoms with Crippen molar-refractivity contribution in [2.75, 3.05) is 30.8 Å². The molecule has 2 aliphatic rings. The number of piperidine rings is 1. The van der Waals surface area contributed by atoms with E-state index in [-0.39, 0.29) is 17.4 Å². The summed E-state index contributed by atoms with van der Waals surface area (Å²) in [5.74, 6) is 0.444. The fourth-order valence-corrected chi connectivity index (χ4v) is 6.58. The third-order valence-corrected chi connectivity index (χ3v) is 9.22. The average molecular weight is 655 g/mol. The summed E-state index contributed by atoms with van der Waals surface area (Å²) in [5.41, 5.74) is 11.9. The van der Waals surface area contributed by atoms with Gasteiger partial charge in [0, 0.05) is 60.2 Å². The molecule has 0 bridgehead atoms. The van der Waals surface area contributed by atoms with Crippen LogP contribution >= 0.6 is 11.6 Å². The van der Waals surface area contributed by atoms with Gasteiger partial charge in [-0.3, -0.25) is 14.9 Å². The second-order valence-electron chi connectivity index (χ2n) is 12.9. The lowest BCUT2D eigenvalue weighted by molar-refractivity contribution is 0.0570. The zero-order valence-electron chi connectivity index (χ0n) is 27.1. The predicted octanol–water partition coefficient (Wildman–Crippen LogP) is 7.10. The third-order valence-electron chi connectivity index (χ3n) is 8.93. The number of nitrogens with zero attached hydrogens (tertiary/aromatic N) is 4. The number of methoxy groups -OCH3 is 1. The van der Waals surface area contributed by atoms with Crippen LogP contribution in [0.1, 0.15) is 56.3 Å². The molecule has 0 spiro atoms. The highest BCUT2D eigenvalue weighted by molar-refractivity contribution is 6.35. The van der Waals surface area contributed by atoms with Crippen molar-refractivity contribution >= 4 is 33.9 Å². The van der Waals surface area contributed by atoms with Gasteiger partial charge in [0.05, 0.1) is 40.6 Å². The molecule has 3 aromatic carbocycles. The molecule has 6 rings (SSSR count). The van der Waals surface area contributed by atoms with Crippen LogP contribution in [-0.4, -0.2) is 46.7 Å². The van der Waals surface area contributed by atoms with E-state index >= 15 is 0 Å². The molecular formula is C36H40ClFN8O. The topological polar surface area (TPSA) is 101 Å². The molecule has 11 heteroatoms. The number of hydrogen-bond acceptors (Lipinski definition) is 9. The lowest BCUT2D eigenvalue weighted by Gasteiger charge is -2.42. The monoisotopic (exact) mass is 654 g/mol. The van der Waals surface area contributed by atoms with E-state index in [1.807, 2.05) is 36.4 Å². The van der Waals surface area contributed by atoms with Crippen molar-refractivity contribution in [2.45, 2.75) is 57.8 Å². The number of benzene rings is 3. The number of para-hydroxylation sites is 1. The number of aromatic nitrogens is 1.